The number of hydrogen-bond donors (Lipinski definition) is 1. The van der Waals surface area contributed by atoms with Crippen LogP contribution >= 0.6 is 0 Å². The van der Waals surface area contributed by atoms with Gasteiger partial charge in [-0.3, -0.25) is 14.8 Å². The molecule has 1 heterocycles. The number of nitrogens with zero attached hydrogens (tertiary/aromatic N) is 2. The number of carboxylic acid groups (broad SMARTS) is 1. The normalized spacial score (nSPS) is 8.36. The predicted molar refractivity (Wildman–Crippen MR) is 41.3 cm³/mol. The van der Waals surface area contributed by atoms with Crippen molar-refractivity contribution in [3.05, 3.63) is 24.3 Å². The van der Waals surface area contributed by atoms with E-state index in [2.05, 4.69) is 9.97 Å². The van der Waals surface area contributed by atoms with E-state index >= 15 is 0 Å². The largest absolute Gasteiger partial charge is 2.00 e. The molecule has 0 aliphatic heterocycles. The minimum atomic E-state index is -0.888. The van der Waals surface area contributed by atoms with E-state index in [-0.39, 0.29) is 32.3 Å². The summed E-state index contributed by atoms with van der Waals surface area (Å²) >= 11 is 0. The first-order valence-corrected chi connectivity index (χ1v) is 2.76. The van der Waals surface area contributed by atoms with E-state index in [0.717, 1.165) is 0 Å². The molecule has 0 aliphatic rings. The van der Waals surface area contributed by atoms with Crippen molar-refractivity contribution in [3.8, 4) is 0 Å². The van der Waals surface area contributed by atoms with Gasteiger partial charge in [0.2, 0.25) is 0 Å². The van der Waals surface area contributed by atoms with Crippen LogP contribution in [0.3, 0.4) is 0 Å². The molecule has 4 nitrogen and oxygen atoms in total. The van der Waals surface area contributed by atoms with Crippen LogP contribution in [0.5, 0.6) is 0 Å². The summed E-state index contributed by atoms with van der Waals surface area (Å²) in [6, 6.07) is 0. The summed E-state index contributed by atoms with van der Waals surface area (Å²) < 4.78 is 0. The van der Waals surface area contributed by atoms with Crippen molar-refractivity contribution in [1.82, 2.24) is 9.97 Å². The zero-order valence-electron chi connectivity index (χ0n) is 7.90. The number of rotatable bonds is 2. The summed E-state index contributed by atoms with van der Waals surface area (Å²) in [5.74, 6) is -0.888. The van der Waals surface area contributed by atoms with E-state index < -0.39 is 5.97 Å². The van der Waals surface area contributed by atoms with Crippen molar-refractivity contribution in [1.29, 1.82) is 0 Å². The minimum absolute atomic E-state index is 0. The fourth-order valence-electron chi connectivity index (χ4n) is 0.576. The van der Waals surface area contributed by atoms with E-state index in [9.17, 15) is 4.79 Å². The number of carboxylic acids is 1. The Hall–Kier alpha value is -0.684. The Morgan fingerprint density at radius 1 is 1.64 bits per heavy atom. The number of carbonyl (C=O) groups is 1. The first kappa shape index (κ1) is 10.3. The molecule has 5 heteroatoms. The summed E-state index contributed by atoms with van der Waals surface area (Å²) in [6.45, 7) is 0. The molecule has 1 aromatic heterocycles. The van der Waals surface area contributed by atoms with Crippen LogP contribution in [-0.2, 0) is 11.2 Å². The van der Waals surface area contributed by atoms with Gasteiger partial charge in [-0.05, 0) is 0 Å². The Labute approximate surface area is 82.8 Å². The summed E-state index contributed by atoms with van der Waals surface area (Å²) in [6.07, 6.45) is 4.35. The van der Waals surface area contributed by atoms with Gasteiger partial charge < -0.3 is 7.96 Å². The van der Waals surface area contributed by atoms with Crippen molar-refractivity contribution in [2.45, 2.75) is 6.42 Å². The van der Waals surface area contributed by atoms with Crippen LogP contribution in [0, 0.1) is 0 Å². The molecule has 11 heavy (non-hydrogen) atoms. The second-order valence-electron chi connectivity index (χ2n) is 1.77. The molecule has 1 rings (SSSR count). The van der Waals surface area contributed by atoms with Crippen LogP contribution in [0.4, 0.5) is 0 Å². The summed E-state index contributed by atoms with van der Waals surface area (Å²) in [5, 5.41) is 8.30. The average molecular weight is 164 g/mol. The van der Waals surface area contributed by atoms with Gasteiger partial charge in [0.25, 0.3) is 0 Å². The van der Waals surface area contributed by atoms with Crippen molar-refractivity contribution in [2.24, 2.45) is 0 Å². The first-order chi connectivity index (χ1) is 4.79. The van der Waals surface area contributed by atoms with Crippen molar-refractivity contribution >= 4 is 29.0 Å². The number of aromatic nitrogens is 2. The van der Waals surface area contributed by atoms with E-state index in [1.807, 2.05) is 0 Å². The zero-order valence-corrected chi connectivity index (χ0v) is 7.31. The predicted octanol–water partition coefficient (Wildman–Crippen LogP) is -0.0521. The molecular formula is C6H8MgN2O2. The maximum absolute atomic E-state index is 10.1. The SMILES string of the molecule is O=C(O)Cc1cnccn1.[H-].[H-].[Mg+2]. The molecule has 1 N–H and O–H groups in total. The van der Waals surface area contributed by atoms with Crippen molar-refractivity contribution < 1.29 is 12.8 Å². The summed E-state index contributed by atoms with van der Waals surface area (Å²) in [5.41, 5.74) is 0.481. The van der Waals surface area contributed by atoms with Gasteiger partial charge in [0.1, 0.15) is 0 Å². The molecular weight excluding hydrogens is 156 g/mol. The molecule has 0 bridgehead atoms. The van der Waals surface area contributed by atoms with E-state index in [4.69, 9.17) is 5.11 Å². The molecule has 0 spiro atoms. The molecule has 0 amide bonds. The third-order valence-corrected chi connectivity index (χ3v) is 0.949. The fourth-order valence-corrected chi connectivity index (χ4v) is 0.576. The fraction of sp³-hybridized carbons (Fsp3) is 0.167. The Morgan fingerprint density at radius 3 is 2.82 bits per heavy atom. The zero-order chi connectivity index (χ0) is 7.40. The second kappa shape index (κ2) is 5.03. The van der Waals surface area contributed by atoms with Crippen LogP contribution in [0.25, 0.3) is 0 Å². The van der Waals surface area contributed by atoms with Gasteiger partial charge in [-0.1, -0.05) is 0 Å². The second-order valence-corrected chi connectivity index (χ2v) is 1.77. The Balaban J connectivity index is -0.000000333. The van der Waals surface area contributed by atoms with Crippen LogP contribution in [-0.4, -0.2) is 44.1 Å². The molecule has 56 valence electrons. The molecule has 0 atom stereocenters. The number of hydrogen-bond acceptors (Lipinski definition) is 3. The van der Waals surface area contributed by atoms with Crippen molar-refractivity contribution in [2.75, 3.05) is 0 Å². The van der Waals surface area contributed by atoms with Gasteiger partial charge >= 0.3 is 29.0 Å². The van der Waals surface area contributed by atoms with Crippen LogP contribution in [0.15, 0.2) is 18.6 Å². The Kier molecular flexibility index (Phi) is 4.72. The quantitative estimate of drug-likeness (QED) is 0.623. The molecule has 0 aliphatic carbocycles. The standard InChI is InChI=1S/C6H6N2O2.Mg.2H/c9-6(10)3-5-4-7-1-2-8-5;;;/h1-2,4H,3H2,(H,9,10);;;/q;+2;2*-1. The van der Waals surface area contributed by atoms with E-state index in [1.54, 1.807) is 0 Å². The molecule has 0 aromatic carbocycles. The maximum atomic E-state index is 10.1. The summed E-state index contributed by atoms with van der Waals surface area (Å²) in [7, 11) is 0. The van der Waals surface area contributed by atoms with Crippen LogP contribution in [0.1, 0.15) is 8.55 Å². The summed E-state index contributed by atoms with van der Waals surface area (Å²) in [4.78, 5) is 17.6. The molecule has 0 saturated carbocycles. The van der Waals surface area contributed by atoms with Crippen LogP contribution in [0.2, 0.25) is 0 Å². The minimum Gasteiger partial charge on any atom is -1.00 e. The molecule has 0 unspecified atom stereocenters. The molecule has 0 saturated heterocycles. The number of aliphatic carboxylic acids is 1. The topological polar surface area (TPSA) is 63.1 Å². The van der Waals surface area contributed by atoms with Crippen LogP contribution < -0.4 is 0 Å². The van der Waals surface area contributed by atoms with E-state index in [0.29, 0.717) is 5.69 Å². The Morgan fingerprint density at radius 2 is 2.36 bits per heavy atom. The molecule has 0 fully saturated rings. The van der Waals surface area contributed by atoms with Gasteiger partial charge in [0.05, 0.1) is 12.1 Å². The smallest absolute Gasteiger partial charge is 1.00 e. The first-order valence-electron chi connectivity index (χ1n) is 2.76. The monoisotopic (exact) mass is 164 g/mol. The Bertz CT molecular complexity index is 235. The van der Waals surface area contributed by atoms with Gasteiger partial charge in [-0.2, -0.15) is 0 Å². The van der Waals surface area contributed by atoms with Gasteiger partial charge in [0.15, 0.2) is 0 Å². The van der Waals surface area contributed by atoms with Gasteiger partial charge in [-0.15, -0.1) is 0 Å². The molecule has 0 radical (unpaired) electrons. The van der Waals surface area contributed by atoms with Crippen molar-refractivity contribution in [3.63, 3.8) is 0 Å². The third kappa shape index (κ3) is 3.89. The van der Waals surface area contributed by atoms with Gasteiger partial charge in [-0.25, -0.2) is 0 Å². The molecule has 1 aromatic rings. The average Bonchev–Trinajstić information content (AvgIpc) is 1.88. The van der Waals surface area contributed by atoms with E-state index in [1.165, 1.54) is 18.6 Å². The third-order valence-electron chi connectivity index (χ3n) is 0.949. The maximum Gasteiger partial charge on any atom is 2.00 e. The van der Waals surface area contributed by atoms with Gasteiger partial charge in [0, 0.05) is 18.6 Å².